The van der Waals surface area contributed by atoms with E-state index in [1.807, 2.05) is 29.8 Å². The van der Waals surface area contributed by atoms with E-state index in [0.29, 0.717) is 17.1 Å². The van der Waals surface area contributed by atoms with Crippen LogP contribution in [0, 0.1) is 0 Å². The Kier molecular flexibility index (Phi) is 3.20. The molecule has 5 nitrogen and oxygen atoms in total. The summed E-state index contributed by atoms with van der Waals surface area (Å²) < 4.78 is 1.98. The van der Waals surface area contributed by atoms with Crippen molar-refractivity contribution in [3.63, 3.8) is 0 Å². The number of aromatic nitrogens is 1. The molecule has 1 aliphatic rings. The minimum absolute atomic E-state index is 0.125. The van der Waals surface area contributed by atoms with Gasteiger partial charge in [0, 0.05) is 32.3 Å². The van der Waals surface area contributed by atoms with E-state index < -0.39 is 0 Å². The van der Waals surface area contributed by atoms with Crippen LogP contribution in [0.2, 0.25) is 0 Å². The second-order valence-corrected chi connectivity index (χ2v) is 5.03. The minimum atomic E-state index is -0.125. The number of nitrogens with zero attached hydrogens (tertiary/aromatic N) is 1. The van der Waals surface area contributed by atoms with E-state index in [2.05, 4.69) is 10.6 Å². The van der Waals surface area contributed by atoms with Crippen molar-refractivity contribution >= 4 is 17.3 Å². The summed E-state index contributed by atoms with van der Waals surface area (Å²) in [6, 6.07) is 9.23. The fourth-order valence-corrected chi connectivity index (χ4v) is 2.63. The number of rotatable bonds is 2. The first-order valence-corrected chi connectivity index (χ1v) is 6.71. The molecule has 1 aromatic heterocycles. The van der Waals surface area contributed by atoms with Gasteiger partial charge in [0.25, 0.3) is 5.91 Å². The van der Waals surface area contributed by atoms with Crippen molar-refractivity contribution in [2.45, 2.75) is 13.0 Å². The molecule has 5 heteroatoms. The van der Waals surface area contributed by atoms with Gasteiger partial charge in [-0.1, -0.05) is 12.1 Å². The van der Waals surface area contributed by atoms with Crippen LogP contribution in [0.15, 0.2) is 30.3 Å². The van der Waals surface area contributed by atoms with Gasteiger partial charge in [0.1, 0.15) is 5.69 Å². The van der Waals surface area contributed by atoms with E-state index >= 15 is 0 Å². The molecule has 4 N–H and O–H groups in total. The number of anilines is 2. The van der Waals surface area contributed by atoms with Crippen LogP contribution in [0.4, 0.5) is 11.4 Å². The summed E-state index contributed by atoms with van der Waals surface area (Å²) >= 11 is 0. The summed E-state index contributed by atoms with van der Waals surface area (Å²) in [5.41, 5.74) is 10.2. The van der Waals surface area contributed by atoms with Crippen LogP contribution >= 0.6 is 0 Å². The molecular formula is C15H18N4O. The average Bonchev–Trinajstić information content (AvgIpc) is 2.79. The maximum atomic E-state index is 12.4. The van der Waals surface area contributed by atoms with Gasteiger partial charge in [0.2, 0.25) is 0 Å². The second kappa shape index (κ2) is 5.02. The molecule has 0 saturated heterocycles. The fourth-order valence-electron chi connectivity index (χ4n) is 2.63. The van der Waals surface area contributed by atoms with Crippen molar-refractivity contribution in [2.75, 3.05) is 17.6 Å². The lowest BCUT2D eigenvalue weighted by atomic mass is 10.1. The van der Waals surface area contributed by atoms with E-state index in [1.165, 1.54) is 11.3 Å². The van der Waals surface area contributed by atoms with Crippen LogP contribution in [-0.2, 0) is 20.0 Å². The summed E-state index contributed by atoms with van der Waals surface area (Å²) in [7, 11) is 1.94. The zero-order valence-corrected chi connectivity index (χ0v) is 11.4. The predicted octanol–water partition coefficient (Wildman–Crippen LogP) is 1.51. The Morgan fingerprint density at radius 3 is 2.95 bits per heavy atom. The lowest BCUT2D eigenvalue weighted by Gasteiger charge is -2.14. The smallest absolute Gasteiger partial charge is 0.272 e. The summed E-state index contributed by atoms with van der Waals surface area (Å²) in [5.74, 6) is -0.125. The van der Waals surface area contributed by atoms with Crippen LogP contribution in [0.3, 0.4) is 0 Å². The third kappa shape index (κ3) is 2.16. The molecule has 0 bridgehead atoms. The van der Waals surface area contributed by atoms with Crippen molar-refractivity contribution < 1.29 is 4.79 Å². The lowest BCUT2D eigenvalue weighted by molar-refractivity contribution is 0.101. The zero-order chi connectivity index (χ0) is 14.1. The number of benzene rings is 1. The van der Waals surface area contributed by atoms with Gasteiger partial charge < -0.3 is 20.9 Å². The van der Waals surface area contributed by atoms with Gasteiger partial charge in [-0.15, -0.1) is 0 Å². The number of hydrogen-bond donors (Lipinski definition) is 3. The Balaban J connectivity index is 1.88. The van der Waals surface area contributed by atoms with Gasteiger partial charge in [-0.3, -0.25) is 4.79 Å². The Morgan fingerprint density at radius 2 is 2.20 bits per heavy atom. The molecule has 104 valence electrons. The van der Waals surface area contributed by atoms with Gasteiger partial charge in [-0.2, -0.15) is 0 Å². The lowest BCUT2D eigenvalue weighted by Crippen LogP contribution is -2.24. The molecule has 0 saturated carbocycles. The molecule has 1 amide bonds. The predicted molar refractivity (Wildman–Crippen MR) is 79.6 cm³/mol. The standard InChI is InChI=1S/C15H18N4O/c1-19-13-6-7-17-9-10(13)8-14(19)15(20)18-12-5-3-2-4-11(12)16/h2-5,8,17H,6-7,9,16H2,1H3,(H,18,20). The molecule has 0 unspecified atom stereocenters. The van der Waals surface area contributed by atoms with Crippen molar-refractivity contribution in [3.05, 3.63) is 47.3 Å². The molecule has 0 fully saturated rings. The maximum Gasteiger partial charge on any atom is 0.272 e. The van der Waals surface area contributed by atoms with E-state index in [1.54, 1.807) is 12.1 Å². The van der Waals surface area contributed by atoms with E-state index in [-0.39, 0.29) is 5.91 Å². The van der Waals surface area contributed by atoms with Crippen molar-refractivity contribution in [1.82, 2.24) is 9.88 Å². The molecule has 1 aromatic carbocycles. The van der Waals surface area contributed by atoms with E-state index in [0.717, 1.165) is 19.5 Å². The highest BCUT2D eigenvalue weighted by atomic mass is 16.1. The summed E-state index contributed by atoms with van der Waals surface area (Å²) in [5, 5.41) is 6.19. The monoisotopic (exact) mass is 270 g/mol. The number of carbonyl (C=O) groups excluding carboxylic acids is 1. The first-order valence-electron chi connectivity index (χ1n) is 6.71. The molecule has 0 spiro atoms. The molecule has 0 atom stereocenters. The van der Waals surface area contributed by atoms with E-state index in [4.69, 9.17) is 5.73 Å². The van der Waals surface area contributed by atoms with Gasteiger partial charge in [-0.25, -0.2) is 0 Å². The third-order valence-corrected chi connectivity index (χ3v) is 3.74. The number of nitrogen functional groups attached to an aromatic ring is 1. The topological polar surface area (TPSA) is 72.1 Å². The number of carbonyl (C=O) groups is 1. The summed E-state index contributed by atoms with van der Waals surface area (Å²) in [6.07, 6.45) is 0.951. The molecule has 0 aliphatic carbocycles. The van der Waals surface area contributed by atoms with Crippen molar-refractivity contribution in [3.8, 4) is 0 Å². The molecule has 3 rings (SSSR count). The quantitative estimate of drug-likeness (QED) is 0.724. The number of hydrogen-bond acceptors (Lipinski definition) is 3. The highest BCUT2D eigenvalue weighted by Gasteiger charge is 2.20. The van der Waals surface area contributed by atoms with Gasteiger partial charge in [0.05, 0.1) is 11.4 Å². The Labute approximate surface area is 117 Å². The summed E-state index contributed by atoms with van der Waals surface area (Å²) in [6.45, 7) is 1.78. The van der Waals surface area contributed by atoms with Crippen molar-refractivity contribution in [1.29, 1.82) is 0 Å². The SMILES string of the molecule is Cn1c(C(=O)Nc2ccccc2N)cc2c1CCNC2. The Morgan fingerprint density at radius 1 is 1.40 bits per heavy atom. The van der Waals surface area contributed by atoms with Crippen LogP contribution < -0.4 is 16.4 Å². The van der Waals surface area contributed by atoms with E-state index in [9.17, 15) is 4.79 Å². The van der Waals surface area contributed by atoms with Gasteiger partial charge in [0.15, 0.2) is 0 Å². The Hall–Kier alpha value is -2.27. The van der Waals surface area contributed by atoms with Crippen LogP contribution in [0.5, 0.6) is 0 Å². The number of nitrogens with one attached hydrogen (secondary N) is 2. The zero-order valence-electron chi connectivity index (χ0n) is 11.4. The average molecular weight is 270 g/mol. The number of amides is 1. The molecular weight excluding hydrogens is 252 g/mol. The van der Waals surface area contributed by atoms with Gasteiger partial charge >= 0.3 is 0 Å². The molecule has 2 aromatic rings. The molecule has 0 radical (unpaired) electrons. The van der Waals surface area contributed by atoms with Crippen LogP contribution in [-0.4, -0.2) is 17.0 Å². The van der Waals surface area contributed by atoms with Gasteiger partial charge in [-0.05, 0) is 23.8 Å². The molecule has 20 heavy (non-hydrogen) atoms. The van der Waals surface area contributed by atoms with Crippen LogP contribution in [0.25, 0.3) is 0 Å². The highest BCUT2D eigenvalue weighted by molar-refractivity contribution is 6.05. The largest absolute Gasteiger partial charge is 0.397 e. The van der Waals surface area contributed by atoms with Crippen LogP contribution in [0.1, 0.15) is 21.7 Å². The molecule has 1 aliphatic heterocycles. The first kappa shape index (κ1) is 12.7. The second-order valence-electron chi connectivity index (χ2n) is 5.03. The summed E-state index contributed by atoms with van der Waals surface area (Å²) in [4.78, 5) is 12.4. The number of fused-ring (bicyclic) bond motifs is 1. The minimum Gasteiger partial charge on any atom is -0.397 e. The Bertz CT molecular complexity index is 660. The first-order chi connectivity index (χ1) is 9.66. The normalized spacial score (nSPS) is 13.8. The third-order valence-electron chi connectivity index (χ3n) is 3.74. The number of nitrogens with two attached hydrogens (primary N) is 1. The maximum absolute atomic E-state index is 12.4. The number of para-hydroxylation sites is 2. The highest BCUT2D eigenvalue weighted by Crippen LogP contribution is 2.21. The fraction of sp³-hybridized carbons (Fsp3) is 0.267. The van der Waals surface area contributed by atoms with Crippen molar-refractivity contribution in [2.24, 2.45) is 7.05 Å². The molecule has 2 heterocycles.